The molecule has 1 aromatic rings. The molecule has 0 aliphatic carbocycles. The van der Waals surface area contributed by atoms with E-state index in [1.807, 2.05) is 27.1 Å². The molecule has 0 aliphatic rings. The first kappa shape index (κ1) is 12.7. The molecule has 0 spiro atoms. The molecule has 0 fully saturated rings. The van der Waals surface area contributed by atoms with Crippen LogP contribution >= 0.6 is 0 Å². The first-order valence-electron chi connectivity index (χ1n) is 5.56. The van der Waals surface area contributed by atoms with Gasteiger partial charge in [-0.3, -0.25) is 9.48 Å². The van der Waals surface area contributed by atoms with Gasteiger partial charge in [-0.1, -0.05) is 13.8 Å². The Labute approximate surface area is 95.5 Å². The molecule has 90 valence electrons. The predicted octanol–water partition coefficient (Wildman–Crippen LogP) is 0.935. The summed E-state index contributed by atoms with van der Waals surface area (Å²) in [6, 6.07) is -0.482. The maximum atomic E-state index is 10.8. The van der Waals surface area contributed by atoms with Crippen LogP contribution in [0.15, 0.2) is 6.20 Å². The smallest absolute Gasteiger partial charge is 0.320 e. The van der Waals surface area contributed by atoms with E-state index >= 15 is 0 Å². The predicted molar refractivity (Wildman–Crippen MR) is 61.1 cm³/mol. The Morgan fingerprint density at radius 2 is 2.31 bits per heavy atom. The molecule has 0 aromatic carbocycles. The van der Waals surface area contributed by atoms with Gasteiger partial charge in [0.1, 0.15) is 6.04 Å². The van der Waals surface area contributed by atoms with E-state index in [9.17, 15) is 4.79 Å². The fraction of sp³-hybridized carbons (Fsp3) is 0.636. The lowest BCUT2D eigenvalue weighted by Gasteiger charge is -2.11. The van der Waals surface area contributed by atoms with Gasteiger partial charge in [-0.05, 0) is 12.8 Å². The summed E-state index contributed by atoms with van der Waals surface area (Å²) in [7, 11) is 1.87. The van der Waals surface area contributed by atoms with Gasteiger partial charge in [0.25, 0.3) is 0 Å². The van der Waals surface area contributed by atoms with Crippen LogP contribution in [0, 0.1) is 0 Å². The Hall–Kier alpha value is -1.36. The number of carbonyl (C=O) groups is 1. The monoisotopic (exact) mass is 225 g/mol. The van der Waals surface area contributed by atoms with E-state index in [1.165, 1.54) is 0 Å². The first-order valence-corrected chi connectivity index (χ1v) is 5.56. The third kappa shape index (κ3) is 3.06. The summed E-state index contributed by atoms with van der Waals surface area (Å²) in [6.07, 6.45) is 3.37. The van der Waals surface area contributed by atoms with Crippen molar-refractivity contribution in [2.24, 2.45) is 7.05 Å². The van der Waals surface area contributed by atoms with Gasteiger partial charge < -0.3 is 10.4 Å². The van der Waals surface area contributed by atoms with Crippen LogP contribution in [-0.2, 0) is 24.8 Å². The second-order valence-corrected chi connectivity index (χ2v) is 3.81. The number of rotatable bonds is 6. The van der Waals surface area contributed by atoms with Crippen molar-refractivity contribution in [1.82, 2.24) is 15.1 Å². The minimum Gasteiger partial charge on any atom is -0.480 e. The number of nitrogens with zero attached hydrogens (tertiary/aromatic N) is 2. The zero-order chi connectivity index (χ0) is 12.1. The molecule has 2 N–H and O–H groups in total. The van der Waals surface area contributed by atoms with Crippen LogP contribution in [0.2, 0.25) is 0 Å². The summed E-state index contributed by atoms with van der Waals surface area (Å²) in [5.74, 6) is -0.801. The number of hydrogen-bond acceptors (Lipinski definition) is 3. The zero-order valence-corrected chi connectivity index (χ0v) is 10.0. The second kappa shape index (κ2) is 5.65. The molecule has 0 aliphatic heterocycles. The minimum atomic E-state index is -0.801. The lowest BCUT2D eigenvalue weighted by atomic mass is 10.2. The van der Waals surface area contributed by atoms with Crippen LogP contribution in [0.25, 0.3) is 0 Å². The average Bonchev–Trinajstić information content (AvgIpc) is 2.59. The second-order valence-electron chi connectivity index (χ2n) is 3.81. The molecular weight excluding hydrogens is 206 g/mol. The molecule has 16 heavy (non-hydrogen) atoms. The minimum absolute atomic E-state index is 0.482. The average molecular weight is 225 g/mol. The highest BCUT2D eigenvalue weighted by atomic mass is 16.4. The van der Waals surface area contributed by atoms with Crippen LogP contribution in [0.3, 0.4) is 0 Å². The number of nitrogens with one attached hydrogen (secondary N) is 1. The summed E-state index contributed by atoms with van der Waals surface area (Å²) in [6.45, 7) is 4.46. The quantitative estimate of drug-likeness (QED) is 0.756. The molecule has 1 atom stereocenters. The molecule has 0 bridgehead atoms. The molecular formula is C11H19N3O2. The van der Waals surface area contributed by atoms with Crippen LogP contribution in [0.1, 0.15) is 31.5 Å². The Morgan fingerprint density at radius 3 is 2.81 bits per heavy atom. The number of hydrogen-bond donors (Lipinski definition) is 2. The Bertz CT molecular complexity index is 360. The molecule has 1 aromatic heterocycles. The van der Waals surface area contributed by atoms with Crippen molar-refractivity contribution in [2.75, 3.05) is 0 Å². The number of aliphatic carboxylic acids is 1. The van der Waals surface area contributed by atoms with Crippen LogP contribution < -0.4 is 5.32 Å². The number of carboxylic acid groups (broad SMARTS) is 1. The van der Waals surface area contributed by atoms with E-state index in [4.69, 9.17) is 5.11 Å². The van der Waals surface area contributed by atoms with E-state index in [2.05, 4.69) is 10.4 Å². The molecule has 0 saturated heterocycles. The highest BCUT2D eigenvalue weighted by Gasteiger charge is 2.15. The highest BCUT2D eigenvalue weighted by molar-refractivity contribution is 5.73. The van der Waals surface area contributed by atoms with Gasteiger partial charge in [0.05, 0.1) is 5.69 Å². The van der Waals surface area contributed by atoms with E-state index in [1.54, 1.807) is 4.68 Å². The third-order valence-corrected chi connectivity index (χ3v) is 2.57. The summed E-state index contributed by atoms with van der Waals surface area (Å²) < 4.78 is 1.76. The number of aryl methyl sites for hydroxylation is 2. The molecule has 0 radical (unpaired) electrons. The normalized spacial score (nSPS) is 12.7. The molecule has 0 saturated carbocycles. The van der Waals surface area contributed by atoms with Crippen molar-refractivity contribution in [1.29, 1.82) is 0 Å². The Balaban J connectivity index is 2.62. The number of carboxylic acids is 1. The largest absolute Gasteiger partial charge is 0.480 e. The van der Waals surface area contributed by atoms with Crippen LogP contribution in [0.4, 0.5) is 0 Å². The van der Waals surface area contributed by atoms with E-state index in [0.717, 1.165) is 17.7 Å². The van der Waals surface area contributed by atoms with E-state index in [0.29, 0.717) is 13.0 Å². The van der Waals surface area contributed by atoms with Gasteiger partial charge in [-0.2, -0.15) is 5.10 Å². The van der Waals surface area contributed by atoms with Gasteiger partial charge in [0, 0.05) is 25.4 Å². The van der Waals surface area contributed by atoms with Crippen molar-refractivity contribution in [3.8, 4) is 0 Å². The SMILES string of the molecule is CCc1nn(C)cc1CNC(CC)C(=O)O. The Morgan fingerprint density at radius 1 is 1.62 bits per heavy atom. The van der Waals surface area contributed by atoms with Crippen LogP contribution in [0.5, 0.6) is 0 Å². The fourth-order valence-electron chi connectivity index (χ4n) is 1.67. The van der Waals surface area contributed by atoms with Gasteiger partial charge in [-0.25, -0.2) is 0 Å². The van der Waals surface area contributed by atoms with Crippen molar-refractivity contribution in [3.05, 3.63) is 17.5 Å². The standard InChI is InChI=1S/C11H19N3O2/c1-4-9-8(7-14(3)13-9)6-12-10(5-2)11(15)16/h7,10,12H,4-6H2,1-3H3,(H,15,16). The van der Waals surface area contributed by atoms with Gasteiger partial charge in [0.2, 0.25) is 0 Å². The fourth-order valence-corrected chi connectivity index (χ4v) is 1.67. The summed E-state index contributed by atoms with van der Waals surface area (Å²) >= 11 is 0. The van der Waals surface area contributed by atoms with Crippen molar-refractivity contribution >= 4 is 5.97 Å². The maximum absolute atomic E-state index is 10.8. The topological polar surface area (TPSA) is 67.2 Å². The van der Waals surface area contributed by atoms with Crippen LogP contribution in [-0.4, -0.2) is 26.9 Å². The lowest BCUT2D eigenvalue weighted by Crippen LogP contribution is -2.35. The number of aromatic nitrogens is 2. The van der Waals surface area contributed by atoms with E-state index < -0.39 is 12.0 Å². The lowest BCUT2D eigenvalue weighted by molar-refractivity contribution is -0.139. The Kier molecular flexibility index (Phi) is 4.49. The maximum Gasteiger partial charge on any atom is 0.320 e. The zero-order valence-electron chi connectivity index (χ0n) is 10.0. The van der Waals surface area contributed by atoms with Crippen molar-refractivity contribution in [2.45, 2.75) is 39.3 Å². The van der Waals surface area contributed by atoms with Gasteiger partial charge in [-0.15, -0.1) is 0 Å². The third-order valence-electron chi connectivity index (χ3n) is 2.57. The molecule has 5 nitrogen and oxygen atoms in total. The summed E-state index contributed by atoms with van der Waals surface area (Å²) in [4.78, 5) is 10.8. The van der Waals surface area contributed by atoms with Crippen molar-refractivity contribution < 1.29 is 9.90 Å². The van der Waals surface area contributed by atoms with Crippen molar-refractivity contribution in [3.63, 3.8) is 0 Å². The molecule has 1 heterocycles. The summed E-state index contributed by atoms with van der Waals surface area (Å²) in [5, 5.41) is 16.2. The molecule has 5 heteroatoms. The molecule has 1 rings (SSSR count). The molecule has 0 amide bonds. The highest BCUT2D eigenvalue weighted by Crippen LogP contribution is 2.07. The van der Waals surface area contributed by atoms with Gasteiger partial charge in [0.15, 0.2) is 0 Å². The first-order chi connectivity index (χ1) is 7.58. The summed E-state index contributed by atoms with van der Waals surface area (Å²) in [5.41, 5.74) is 2.10. The molecule has 1 unspecified atom stereocenters. The van der Waals surface area contributed by atoms with Gasteiger partial charge >= 0.3 is 5.97 Å². The van der Waals surface area contributed by atoms with E-state index in [-0.39, 0.29) is 0 Å².